The van der Waals surface area contributed by atoms with E-state index in [0.717, 1.165) is 25.3 Å². The molecule has 0 amide bonds. The number of piperidine rings is 1. The minimum absolute atomic E-state index is 0.143. The second kappa shape index (κ2) is 6.17. The van der Waals surface area contributed by atoms with Crippen LogP contribution in [0.5, 0.6) is 0 Å². The van der Waals surface area contributed by atoms with Crippen molar-refractivity contribution in [3.8, 4) is 0 Å². The van der Waals surface area contributed by atoms with Crippen LogP contribution >= 0.6 is 0 Å². The van der Waals surface area contributed by atoms with Gasteiger partial charge in [-0.2, -0.15) is 0 Å². The third-order valence-corrected chi connectivity index (χ3v) is 4.77. The van der Waals surface area contributed by atoms with Gasteiger partial charge in [-0.1, -0.05) is 19.8 Å². The first kappa shape index (κ1) is 13.3. The van der Waals surface area contributed by atoms with Gasteiger partial charge in [-0.15, -0.1) is 0 Å². The van der Waals surface area contributed by atoms with Gasteiger partial charge in [0.25, 0.3) is 0 Å². The number of nitrogens with zero attached hydrogens (tertiary/aromatic N) is 1. The molecule has 1 aliphatic heterocycles. The fourth-order valence-corrected chi connectivity index (χ4v) is 3.92. The first-order valence-electron chi connectivity index (χ1n) is 7.40. The summed E-state index contributed by atoms with van der Waals surface area (Å²) in [6, 6.07) is 1.05. The van der Waals surface area contributed by atoms with E-state index < -0.39 is 0 Å². The largest absolute Gasteiger partial charge is 0.395 e. The molecule has 1 aliphatic carbocycles. The molecule has 0 aromatic carbocycles. The SMILES string of the molecule is CCCC(N)C(CO)N1CCCC2CCCC21. The van der Waals surface area contributed by atoms with Gasteiger partial charge in [-0.25, -0.2) is 0 Å². The summed E-state index contributed by atoms with van der Waals surface area (Å²) in [5, 5.41) is 9.67. The number of hydrogen-bond donors (Lipinski definition) is 2. The van der Waals surface area contributed by atoms with Crippen molar-refractivity contribution >= 4 is 0 Å². The molecule has 0 radical (unpaired) electrons. The summed E-state index contributed by atoms with van der Waals surface area (Å²) in [5.41, 5.74) is 6.25. The van der Waals surface area contributed by atoms with Crippen molar-refractivity contribution in [2.75, 3.05) is 13.2 Å². The van der Waals surface area contributed by atoms with Crippen molar-refractivity contribution in [2.24, 2.45) is 11.7 Å². The summed E-state index contributed by atoms with van der Waals surface area (Å²) in [7, 11) is 0. The van der Waals surface area contributed by atoms with E-state index in [9.17, 15) is 5.11 Å². The van der Waals surface area contributed by atoms with E-state index in [-0.39, 0.29) is 18.7 Å². The zero-order valence-corrected chi connectivity index (χ0v) is 11.1. The molecule has 1 saturated heterocycles. The first-order valence-corrected chi connectivity index (χ1v) is 7.40. The Hall–Kier alpha value is -0.120. The molecule has 3 heteroatoms. The maximum absolute atomic E-state index is 9.67. The topological polar surface area (TPSA) is 49.5 Å². The number of rotatable bonds is 5. The van der Waals surface area contributed by atoms with Crippen molar-refractivity contribution in [1.82, 2.24) is 4.90 Å². The summed E-state index contributed by atoms with van der Waals surface area (Å²) in [6.45, 7) is 3.54. The summed E-state index contributed by atoms with van der Waals surface area (Å²) in [5.74, 6) is 0.881. The van der Waals surface area contributed by atoms with Gasteiger partial charge in [0.15, 0.2) is 0 Å². The quantitative estimate of drug-likeness (QED) is 0.769. The molecule has 2 fully saturated rings. The normalized spacial score (nSPS) is 33.4. The van der Waals surface area contributed by atoms with Gasteiger partial charge in [0.05, 0.1) is 6.61 Å². The Labute approximate surface area is 105 Å². The fraction of sp³-hybridized carbons (Fsp3) is 1.00. The van der Waals surface area contributed by atoms with Crippen LogP contribution in [0.1, 0.15) is 51.9 Å². The van der Waals surface area contributed by atoms with E-state index in [4.69, 9.17) is 5.73 Å². The summed E-state index contributed by atoms with van der Waals surface area (Å²) in [4.78, 5) is 2.54. The Morgan fingerprint density at radius 2 is 2.06 bits per heavy atom. The highest BCUT2D eigenvalue weighted by Crippen LogP contribution is 2.38. The number of likely N-dealkylation sites (tertiary alicyclic amines) is 1. The Morgan fingerprint density at radius 3 is 2.76 bits per heavy atom. The molecule has 0 bridgehead atoms. The van der Waals surface area contributed by atoms with Crippen molar-refractivity contribution in [1.29, 1.82) is 0 Å². The van der Waals surface area contributed by atoms with E-state index in [1.165, 1.54) is 32.1 Å². The average molecular weight is 240 g/mol. The molecule has 2 rings (SSSR count). The van der Waals surface area contributed by atoms with Crippen LogP contribution in [-0.2, 0) is 0 Å². The fourth-order valence-electron chi connectivity index (χ4n) is 3.92. The lowest BCUT2D eigenvalue weighted by atomic mass is 9.89. The lowest BCUT2D eigenvalue weighted by Gasteiger charge is -2.44. The molecule has 3 nitrogen and oxygen atoms in total. The van der Waals surface area contributed by atoms with E-state index >= 15 is 0 Å². The van der Waals surface area contributed by atoms with E-state index in [0.29, 0.717) is 6.04 Å². The van der Waals surface area contributed by atoms with Gasteiger partial charge >= 0.3 is 0 Å². The highest BCUT2D eigenvalue weighted by atomic mass is 16.3. The van der Waals surface area contributed by atoms with Crippen LogP contribution in [0.4, 0.5) is 0 Å². The summed E-state index contributed by atoms with van der Waals surface area (Å²) >= 11 is 0. The standard InChI is InChI=1S/C14H28N2O/c1-2-5-12(15)14(10-17)16-9-4-7-11-6-3-8-13(11)16/h11-14,17H,2-10,15H2,1H3. The minimum Gasteiger partial charge on any atom is -0.395 e. The molecule has 100 valence electrons. The van der Waals surface area contributed by atoms with Crippen LogP contribution < -0.4 is 5.73 Å². The molecule has 4 atom stereocenters. The number of aliphatic hydroxyl groups is 1. The summed E-state index contributed by atoms with van der Waals surface area (Å²) in [6.07, 6.45) is 8.90. The lowest BCUT2D eigenvalue weighted by molar-refractivity contribution is 0.0243. The van der Waals surface area contributed by atoms with Crippen LogP contribution in [0, 0.1) is 5.92 Å². The van der Waals surface area contributed by atoms with E-state index in [1.54, 1.807) is 0 Å². The van der Waals surface area contributed by atoms with Gasteiger partial charge in [0.1, 0.15) is 0 Å². The number of fused-ring (bicyclic) bond motifs is 1. The third-order valence-electron chi connectivity index (χ3n) is 4.77. The second-order valence-electron chi connectivity index (χ2n) is 5.84. The summed E-state index contributed by atoms with van der Waals surface area (Å²) < 4.78 is 0. The average Bonchev–Trinajstić information content (AvgIpc) is 2.79. The maximum Gasteiger partial charge on any atom is 0.0602 e. The van der Waals surface area contributed by atoms with Gasteiger partial charge in [-0.3, -0.25) is 4.90 Å². The Kier molecular flexibility index (Phi) is 4.83. The van der Waals surface area contributed by atoms with Crippen LogP contribution in [0.2, 0.25) is 0 Å². The molecule has 1 saturated carbocycles. The monoisotopic (exact) mass is 240 g/mol. The maximum atomic E-state index is 9.67. The Balaban J connectivity index is 2.01. The van der Waals surface area contributed by atoms with Crippen LogP contribution in [0.3, 0.4) is 0 Å². The zero-order valence-electron chi connectivity index (χ0n) is 11.1. The predicted octanol–water partition coefficient (Wildman–Crippen LogP) is 1.74. The van der Waals surface area contributed by atoms with Gasteiger partial charge in [0, 0.05) is 18.1 Å². The molecule has 17 heavy (non-hydrogen) atoms. The van der Waals surface area contributed by atoms with Gasteiger partial charge < -0.3 is 10.8 Å². The Morgan fingerprint density at radius 1 is 1.29 bits per heavy atom. The van der Waals surface area contributed by atoms with Crippen molar-refractivity contribution < 1.29 is 5.11 Å². The van der Waals surface area contributed by atoms with Gasteiger partial charge in [-0.05, 0) is 44.6 Å². The second-order valence-corrected chi connectivity index (χ2v) is 5.84. The molecule has 2 aliphatic rings. The van der Waals surface area contributed by atoms with E-state index in [1.807, 2.05) is 0 Å². The molecule has 3 N–H and O–H groups in total. The predicted molar refractivity (Wildman–Crippen MR) is 70.8 cm³/mol. The molecule has 0 aromatic heterocycles. The molecule has 0 spiro atoms. The molecule has 1 heterocycles. The molecular formula is C14H28N2O. The number of nitrogens with two attached hydrogens (primary N) is 1. The molecule has 0 aromatic rings. The van der Waals surface area contributed by atoms with Gasteiger partial charge in [0.2, 0.25) is 0 Å². The Bertz CT molecular complexity index is 234. The van der Waals surface area contributed by atoms with E-state index in [2.05, 4.69) is 11.8 Å². The van der Waals surface area contributed by atoms with Crippen LogP contribution in [0.25, 0.3) is 0 Å². The molecular weight excluding hydrogens is 212 g/mol. The highest BCUT2D eigenvalue weighted by Gasteiger charge is 2.39. The van der Waals surface area contributed by atoms with Crippen molar-refractivity contribution in [2.45, 2.75) is 70.0 Å². The van der Waals surface area contributed by atoms with Crippen molar-refractivity contribution in [3.05, 3.63) is 0 Å². The number of hydrogen-bond acceptors (Lipinski definition) is 3. The van der Waals surface area contributed by atoms with Crippen LogP contribution in [0.15, 0.2) is 0 Å². The minimum atomic E-state index is 0.143. The molecule has 4 unspecified atom stereocenters. The smallest absolute Gasteiger partial charge is 0.0602 e. The number of aliphatic hydroxyl groups excluding tert-OH is 1. The van der Waals surface area contributed by atoms with Crippen molar-refractivity contribution in [3.63, 3.8) is 0 Å². The lowest BCUT2D eigenvalue weighted by Crippen LogP contribution is -2.56. The highest BCUT2D eigenvalue weighted by molar-refractivity contribution is 4.94. The third kappa shape index (κ3) is 2.83. The zero-order chi connectivity index (χ0) is 12.3. The van der Waals surface area contributed by atoms with Crippen LogP contribution in [-0.4, -0.2) is 41.3 Å². The first-order chi connectivity index (χ1) is 8.27.